The van der Waals surface area contributed by atoms with E-state index in [2.05, 4.69) is 173 Å². The van der Waals surface area contributed by atoms with E-state index in [9.17, 15) is 0 Å². The minimum absolute atomic E-state index is 0.410. The lowest BCUT2D eigenvalue weighted by molar-refractivity contribution is -0.139. The summed E-state index contributed by atoms with van der Waals surface area (Å²) in [5, 5.41) is 0. The van der Waals surface area contributed by atoms with Crippen LogP contribution in [0, 0.1) is 140 Å². The smallest absolute Gasteiger partial charge is 0.0687 e. The molecule has 132 heavy (non-hydrogen) atoms. The largest absolute Gasteiger partial charge is 0.378 e. The van der Waals surface area contributed by atoms with E-state index in [1.165, 1.54) is 334 Å². The maximum Gasteiger partial charge on any atom is 0.0687 e. The van der Waals surface area contributed by atoms with Gasteiger partial charge in [-0.25, -0.2) is 0 Å². The third-order valence-corrected chi connectivity index (χ3v) is 44.4. The van der Waals surface area contributed by atoms with Gasteiger partial charge in [-0.1, -0.05) is 168 Å². The zero-order valence-electron chi connectivity index (χ0n) is 91.9. The van der Waals surface area contributed by atoms with Crippen molar-refractivity contribution >= 4 is 0 Å². The molecule has 0 aromatic carbocycles. The molecule has 0 saturated heterocycles. The molecule has 766 valence electrons. The molecule has 24 fully saturated rings. The highest BCUT2D eigenvalue weighted by molar-refractivity contribution is 5.19. The van der Waals surface area contributed by atoms with Gasteiger partial charge in [0.1, 0.15) is 0 Å². The van der Waals surface area contributed by atoms with Crippen LogP contribution in [0.4, 0.5) is 0 Å². The molecule has 24 rings (SSSR count). The standard InChI is InChI=1S/C14H24O.C14H26O.C13H22O.C13H24O.3C12H22O.C11H18O.C11H20O.C10H18O/c1-4-15-13-11-8-12(14(13,2)3)10-7-5-6-9(10)11;1-4-15-12-13(2,3)10-11-14(12)8-6-5-7-9-14;1-2-14-11-12(5-3-6-12)9-10-13(11)7-4-8-13;1-4-14-11-12(2,3)9-10-13(11)7-5-6-8-13;1-5-13-10-9-6-7-12(10,4)8-11(9,2)3;1-4-13-11-9-5-7-10(8-6-9)12(11,2)3;1-4-13-10-11(2,3)8-9-12(10)6-5-7-12;1-2-12-9-10(3-4-10)7-8-11(9)5-6-11;1-4-12-9-10(2,3)5-6-11(9)7-8-11;1-2-11-10-8-4-3-5-9(10)7-6-8/h9-13H,4-8H2,1-3H3;12H,4-11H2,1-3H3;11H,2-10H2,1H3;11H,4-10H2,1-3H3;9-10H,5-8H2,1-4H3;9-11H,4-8H2,1-3H3;10H,4-9H2,1-3H3;9H,2-8H2,1H3;9H,4-8H2,1-3H3;8-10H,2-7H2,1H3. The van der Waals surface area contributed by atoms with Crippen LogP contribution >= 0.6 is 0 Å². The molecule has 0 aromatic heterocycles. The topological polar surface area (TPSA) is 92.3 Å². The Morgan fingerprint density at radius 1 is 0.197 bits per heavy atom. The van der Waals surface area contributed by atoms with Crippen molar-refractivity contribution in [1.82, 2.24) is 0 Å². The summed E-state index contributed by atoms with van der Waals surface area (Å²) in [4.78, 5) is 0. The number of hydrogen-bond acceptors (Lipinski definition) is 10. The Balaban J connectivity index is 0.000000118. The summed E-state index contributed by atoms with van der Waals surface area (Å²) >= 11 is 0. The first-order valence-corrected chi connectivity index (χ1v) is 58.9. The second kappa shape index (κ2) is 43.5. The Bertz CT molecular complexity index is 3370. The second-order valence-corrected chi connectivity index (χ2v) is 55.3. The third-order valence-electron chi connectivity index (χ3n) is 44.4. The van der Waals surface area contributed by atoms with Gasteiger partial charge in [0.15, 0.2) is 0 Å². The average Bonchev–Trinajstić information content (AvgIpc) is 1.52. The summed E-state index contributed by atoms with van der Waals surface area (Å²) in [5.41, 5.74) is 8.61. The molecule has 10 heteroatoms. The molecule has 24 saturated carbocycles. The van der Waals surface area contributed by atoms with Crippen molar-refractivity contribution in [3.05, 3.63) is 0 Å². The van der Waals surface area contributed by atoms with E-state index in [-0.39, 0.29) is 0 Å². The van der Waals surface area contributed by atoms with E-state index >= 15 is 0 Å². The quantitative estimate of drug-likeness (QED) is 0.117. The van der Waals surface area contributed by atoms with E-state index < -0.39 is 0 Å². The van der Waals surface area contributed by atoms with E-state index in [4.69, 9.17) is 47.4 Å². The van der Waals surface area contributed by atoms with Gasteiger partial charge in [0.2, 0.25) is 0 Å². The SMILES string of the molecule is CCOC1C(C)(C)CCC12CC2.CCOC1C(C)(C)CCC12CCC2.CCOC1C(C)(C)CCC12CCCC2.CCOC1C(C)(C)CCC12CCCCC2.CCOC1C2(CC2)CCC12CC2.CCOC1C2(CCC2)CCC12CCC2.CCOC1C2CC(C3CCCC32)C1(C)C.CCOC1C2CCC(CC2)C1(C)C.CCOC1C2CCC1(C)CC2(C)C.CCOC1C2CCCC1CC2. The van der Waals surface area contributed by atoms with Crippen LogP contribution in [0.3, 0.4) is 0 Å². The number of fused-ring (bicyclic) bond motifs is 12. The molecule has 0 radical (unpaired) electrons. The zero-order valence-corrected chi connectivity index (χ0v) is 91.9. The molecule has 8 bridgehead atoms. The molecule has 10 nitrogen and oxygen atoms in total. The van der Waals surface area contributed by atoms with Crippen molar-refractivity contribution in [2.24, 2.45) is 140 Å². The van der Waals surface area contributed by atoms with Crippen LogP contribution in [0.5, 0.6) is 0 Å². The highest BCUT2D eigenvalue weighted by Gasteiger charge is 2.69. The van der Waals surface area contributed by atoms with Crippen LogP contribution in [0.1, 0.15) is 507 Å². The minimum Gasteiger partial charge on any atom is -0.378 e. The molecule has 24 aliphatic carbocycles. The Labute approximate surface area is 816 Å². The van der Waals surface area contributed by atoms with Gasteiger partial charge in [0.25, 0.3) is 0 Å². The number of rotatable bonds is 20. The van der Waals surface area contributed by atoms with Gasteiger partial charge in [-0.15, -0.1) is 0 Å². The first-order chi connectivity index (χ1) is 62.8. The third kappa shape index (κ3) is 21.9. The van der Waals surface area contributed by atoms with Crippen LogP contribution < -0.4 is 0 Å². The molecule has 0 heterocycles. The second-order valence-electron chi connectivity index (χ2n) is 55.3. The van der Waals surface area contributed by atoms with Gasteiger partial charge in [-0.2, -0.15) is 0 Å². The van der Waals surface area contributed by atoms with Gasteiger partial charge in [0.05, 0.1) is 61.0 Å². The summed E-state index contributed by atoms with van der Waals surface area (Å²) in [6, 6.07) is 0. The maximum atomic E-state index is 6.12. The predicted octanol–water partition coefficient (Wildman–Crippen LogP) is 33.1. The van der Waals surface area contributed by atoms with E-state index in [1.807, 2.05) is 0 Å². The summed E-state index contributed by atoms with van der Waals surface area (Å²) < 4.78 is 59.8. The summed E-state index contributed by atoms with van der Waals surface area (Å²) in [6.07, 6.45) is 80.2. The van der Waals surface area contributed by atoms with E-state index in [0.29, 0.717) is 148 Å². The Morgan fingerprint density at radius 2 is 0.492 bits per heavy atom. The van der Waals surface area contributed by atoms with E-state index in [0.717, 1.165) is 119 Å². The normalized spacial score (nSPS) is 38.9. The Kier molecular flexibility index (Phi) is 35.4. The molecule has 0 amide bonds. The van der Waals surface area contributed by atoms with Gasteiger partial charge < -0.3 is 47.4 Å². The van der Waals surface area contributed by atoms with Crippen molar-refractivity contribution < 1.29 is 47.4 Å². The lowest BCUT2D eigenvalue weighted by atomic mass is 9.56. The van der Waals surface area contributed by atoms with E-state index in [1.54, 1.807) is 0 Å². The maximum absolute atomic E-state index is 6.12. The number of ether oxygens (including phenoxy) is 10. The summed E-state index contributed by atoms with van der Waals surface area (Å²) in [6.45, 7) is 66.3. The van der Waals surface area contributed by atoms with Gasteiger partial charge in [-0.05, 0) is 479 Å². The lowest BCUT2D eigenvalue weighted by Crippen LogP contribution is -2.51. The molecule has 0 aromatic rings. The van der Waals surface area contributed by atoms with Crippen molar-refractivity contribution in [3.63, 3.8) is 0 Å². The fourth-order valence-electron chi connectivity index (χ4n) is 37.1. The molecule has 0 N–H and O–H groups in total. The van der Waals surface area contributed by atoms with Crippen LogP contribution in [0.15, 0.2) is 0 Å². The highest BCUT2D eigenvalue weighted by Crippen LogP contribution is 2.74. The van der Waals surface area contributed by atoms with Crippen LogP contribution in [0.2, 0.25) is 0 Å². The van der Waals surface area contributed by atoms with Gasteiger partial charge in [0, 0.05) is 66.1 Å². The van der Waals surface area contributed by atoms with Crippen molar-refractivity contribution in [1.29, 1.82) is 0 Å². The fourth-order valence-corrected chi connectivity index (χ4v) is 37.1. The predicted molar refractivity (Wildman–Crippen MR) is 550 cm³/mol. The van der Waals surface area contributed by atoms with Gasteiger partial charge >= 0.3 is 0 Å². The molecule has 15 atom stereocenters. The summed E-state index contributed by atoms with van der Waals surface area (Å²) in [5.74, 6) is 8.40. The zero-order chi connectivity index (χ0) is 94.9. The number of hydrogen-bond donors (Lipinski definition) is 0. The highest BCUT2D eigenvalue weighted by atomic mass is 16.5. The van der Waals surface area contributed by atoms with Crippen molar-refractivity contribution in [3.8, 4) is 0 Å². The van der Waals surface area contributed by atoms with Crippen LogP contribution in [0.25, 0.3) is 0 Å². The van der Waals surface area contributed by atoms with Crippen molar-refractivity contribution in [2.45, 2.75) is 568 Å². The molecular weight excluding hydrogens is 1630 g/mol. The Hall–Kier alpha value is -0.400. The summed E-state index contributed by atoms with van der Waals surface area (Å²) in [7, 11) is 0. The monoisotopic (exact) mass is 1840 g/mol. The molecule has 8 spiro atoms. The van der Waals surface area contributed by atoms with Crippen LogP contribution in [-0.4, -0.2) is 127 Å². The molecular formula is C122H218O10. The Morgan fingerprint density at radius 3 is 0.826 bits per heavy atom. The lowest BCUT2D eigenvalue weighted by Gasteiger charge is -2.53. The van der Waals surface area contributed by atoms with Crippen LogP contribution in [-0.2, 0) is 47.4 Å². The fraction of sp³-hybridized carbons (Fsp3) is 1.00. The van der Waals surface area contributed by atoms with Crippen molar-refractivity contribution in [2.75, 3.05) is 66.1 Å². The first-order valence-electron chi connectivity index (χ1n) is 58.9. The minimum atomic E-state index is 0.410. The molecule has 0 aliphatic heterocycles. The molecule has 15 unspecified atom stereocenters. The first kappa shape index (κ1) is 107. The molecule has 24 aliphatic rings. The van der Waals surface area contributed by atoms with Gasteiger partial charge in [-0.3, -0.25) is 0 Å². The average molecular weight is 1850 g/mol.